The van der Waals surface area contributed by atoms with Gasteiger partial charge in [-0.1, -0.05) is 11.6 Å². The van der Waals surface area contributed by atoms with Crippen LogP contribution in [0.2, 0.25) is 5.02 Å². The molecule has 0 aromatic carbocycles. The summed E-state index contributed by atoms with van der Waals surface area (Å²) in [6, 6.07) is 2.49. The minimum absolute atomic E-state index is 0.0980. The molecule has 0 spiro atoms. The van der Waals surface area contributed by atoms with E-state index in [0.717, 1.165) is 24.2 Å². The first-order valence-corrected chi connectivity index (χ1v) is 9.46. The fourth-order valence-electron chi connectivity index (χ4n) is 3.43. The first-order valence-electron chi connectivity index (χ1n) is 9.08. The van der Waals surface area contributed by atoms with Crippen molar-refractivity contribution in [3.05, 3.63) is 23.1 Å². The first-order chi connectivity index (χ1) is 13.3. The fourth-order valence-corrected chi connectivity index (χ4v) is 3.58. The van der Waals surface area contributed by atoms with Gasteiger partial charge in [0.2, 0.25) is 17.8 Å². The van der Waals surface area contributed by atoms with Gasteiger partial charge in [-0.15, -0.1) is 0 Å². The van der Waals surface area contributed by atoms with E-state index in [4.69, 9.17) is 21.6 Å². The lowest BCUT2D eigenvalue weighted by atomic mass is 9.81. The largest absolute Gasteiger partial charge is 0.476 e. The van der Waals surface area contributed by atoms with Gasteiger partial charge >= 0.3 is 0 Å². The van der Waals surface area contributed by atoms with Crippen LogP contribution in [-0.2, 0) is 0 Å². The molecule has 28 heavy (non-hydrogen) atoms. The van der Waals surface area contributed by atoms with Crippen LogP contribution in [0.4, 0.5) is 20.4 Å². The van der Waals surface area contributed by atoms with Crippen LogP contribution < -0.4 is 10.1 Å². The van der Waals surface area contributed by atoms with Gasteiger partial charge in [0.25, 0.3) is 0 Å². The molecule has 10 heteroatoms. The van der Waals surface area contributed by atoms with E-state index >= 15 is 0 Å². The topological polar surface area (TPSA) is 88.7 Å². The zero-order chi connectivity index (χ0) is 19.9. The van der Waals surface area contributed by atoms with Gasteiger partial charge in [0.1, 0.15) is 5.02 Å². The summed E-state index contributed by atoms with van der Waals surface area (Å²) in [6.45, 7) is 2.01. The Morgan fingerprint density at radius 1 is 1.43 bits per heavy atom. The molecule has 0 amide bonds. The molecular weight excluding hydrogens is 390 g/mol. The number of hydrogen-bond donors (Lipinski definition) is 1. The molecule has 2 heterocycles. The van der Waals surface area contributed by atoms with Gasteiger partial charge in [-0.05, 0) is 19.8 Å². The van der Waals surface area contributed by atoms with Crippen LogP contribution in [0.3, 0.4) is 0 Å². The third kappa shape index (κ3) is 3.87. The van der Waals surface area contributed by atoms with Gasteiger partial charge in [-0.2, -0.15) is 15.3 Å². The Bertz CT molecular complexity index is 913. The molecule has 0 bridgehead atoms. The number of halogens is 3. The van der Waals surface area contributed by atoms with Crippen LogP contribution in [0, 0.1) is 30.1 Å². The predicted octanol–water partition coefficient (Wildman–Crippen LogP) is 4.28. The van der Waals surface area contributed by atoms with Gasteiger partial charge < -0.3 is 10.1 Å². The monoisotopic (exact) mass is 408 g/mol. The van der Waals surface area contributed by atoms with E-state index in [9.17, 15) is 8.78 Å². The molecule has 2 fully saturated rings. The summed E-state index contributed by atoms with van der Waals surface area (Å²) >= 11 is 6.06. The normalized spacial score (nSPS) is 23.4. The Hall–Kier alpha value is -2.47. The molecule has 0 aliphatic heterocycles. The van der Waals surface area contributed by atoms with E-state index in [1.807, 2.05) is 17.8 Å². The predicted molar refractivity (Wildman–Crippen MR) is 97.8 cm³/mol. The zero-order valence-corrected chi connectivity index (χ0v) is 16.0. The maximum atomic E-state index is 12.9. The van der Waals surface area contributed by atoms with Crippen LogP contribution in [0.25, 0.3) is 0 Å². The fraction of sp³-hybridized carbons (Fsp3) is 0.556. The highest BCUT2D eigenvalue weighted by Crippen LogP contribution is 2.42. The Morgan fingerprint density at radius 3 is 2.86 bits per heavy atom. The van der Waals surface area contributed by atoms with Gasteiger partial charge in [0.15, 0.2) is 0 Å². The van der Waals surface area contributed by atoms with E-state index in [2.05, 4.69) is 26.5 Å². The highest BCUT2D eigenvalue weighted by atomic mass is 35.5. The van der Waals surface area contributed by atoms with E-state index in [0.29, 0.717) is 0 Å². The second-order valence-electron chi connectivity index (χ2n) is 7.47. The number of nitrogens with one attached hydrogen (secondary N) is 1. The van der Waals surface area contributed by atoms with Gasteiger partial charge in [-0.3, -0.25) is 4.68 Å². The average molecular weight is 409 g/mol. The van der Waals surface area contributed by atoms with Crippen molar-refractivity contribution in [2.24, 2.45) is 11.8 Å². The average Bonchev–Trinajstić information content (AvgIpc) is 2.92. The quantitative estimate of drug-likeness (QED) is 0.767. The number of nitriles is 1. The molecule has 2 saturated carbocycles. The van der Waals surface area contributed by atoms with Crippen LogP contribution in [0.1, 0.15) is 37.4 Å². The highest BCUT2D eigenvalue weighted by Gasteiger charge is 2.45. The molecule has 2 aromatic heterocycles. The number of aryl methyl sites for hydroxylation is 1. The minimum atomic E-state index is -2.58. The van der Waals surface area contributed by atoms with Crippen molar-refractivity contribution < 1.29 is 13.5 Å². The molecule has 2 aliphatic carbocycles. The summed E-state index contributed by atoms with van der Waals surface area (Å²) in [4.78, 5) is 8.38. The Morgan fingerprint density at radius 2 is 2.18 bits per heavy atom. The molecular formula is C18H19ClF2N6O. The lowest BCUT2D eigenvalue weighted by molar-refractivity contribution is -0.119. The molecule has 2 aromatic rings. The van der Waals surface area contributed by atoms with Crippen molar-refractivity contribution >= 4 is 23.2 Å². The molecule has 1 N–H and O–H groups in total. The summed E-state index contributed by atoms with van der Waals surface area (Å²) in [7, 11) is 0. The smallest absolute Gasteiger partial charge is 0.248 e. The second-order valence-corrected chi connectivity index (χ2v) is 7.88. The molecule has 7 nitrogen and oxygen atoms in total. The van der Waals surface area contributed by atoms with E-state index in [-0.39, 0.29) is 54.2 Å². The van der Waals surface area contributed by atoms with Gasteiger partial charge in [-0.25, -0.2) is 13.8 Å². The van der Waals surface area contributed by atoms with Gasteiger partial charge in [0.05, 0.1) is 42.2 Å². The molecule has 0 saturated heterocycles. The van der Waals surface area contributed by atoms with Crippen LogP contribution in [0.5, 0.6) is 5.88 Å². The number of alkyl halides is 2. The number of aromatic nitrogens is 4. The highest BCUT2D eigenvalue weighted by molar-refractivity contribution is 6.31. The van der Waals surface area contributed by atoms with E-state index in [1.54, 1.807) is 0 Å². The number of hydrogen-bond acceptors (Lipinski definition) is 6. The van der Waals surface area contributed by atoms with E-state index < -0.39 is 5.92 Å². The molecule has 0 atom stereocenters. The Labute approximate surface area is 165 Å². The number of rotatable bonds is 6. The number of nitrogens with zero attached hydrogens (tertiary/aromatic N) is 5. The summed E-state index contributed by atoms with van der Waals surface area (Å²) in [6.07, 6.45) is 4.52. The first kappa shape index (κ1) is 18.9. The summed E-state index contributed by atoms with van der Waals surface area (Å²) < 4.78 is 33.2. The lowest BCUT2D eigenvalue weighted by Crippen LogP contribution is -2.38. The van der Waals surface area contributed by atoms with Crippen LogP contribution >= 0.6 is 11.6 Å². The third-order valence-corrected chi connectivity index (χ3v) is 5.43. The SMILES string of the molecule is Cc1nn(C2CC(C#N)C2)cc1Nc1ncc(Cl)c(OCC2CC(F)(F)C2)n1. The van der Waals surface area contributed by atoms with Crippen LogP contribution in [0.15, 0.2) is 12.4 Å². The van der Waals surface area contributed by atoms with Crippen molar-refractivity contribution in [3.8, 4) is 11.9 Å². The van der Waals surface area contributed by atoms with Crippen molar-refractivity contribution in [1.29, 1.82) is 5.26 Å². The standard InChI is InChI=1S/C18H19ClF2N6O/c1-10-15(8-27(26-10)13-2-11(3-13)6-22)24-17-23-7-14(19)16(25-17)28-9-12-4-18(20,21)5-12/h7-8,11-13H,2-5,9H2,1H3,(H,23,24,25). The summed E-state index contributed by atoms with van der Waals surface area (Å²) in [5.74, 6) is -2.24. The van der Waals surface area contributed by atoms with Gasteiger partial charge in [0, 0.05) is 25.0 Å². The van der Waals surface area contributed by atoms with Crippen molar-refractivity contribution in [1.82, 2.24) is 19.7 Å². The molecule has 0 radical (unpaired) electrons. The van der Waals surface area contributed by atoms with Crippen molar-refractivity contribution in [3.63, 3.8) is 0 Å². The summed E-state index contributed by atoms with van der Waals surface area (Å²) in [5, 5.41) is 16.7. The second kappa shape index (κ2) is 7.17. The maximum Gasteiger partial charge on any atom is 0.248 e. The number of anilines is 2. The van der Waals surface area contributed by atoms with Crippen molar-refractivity contribution in [2.75, 3.05) is 11.9 Å². The van der Waals surface area contributed by atoms with Crippen LogP contribution in [-0.4, -0.2) is 32.3 Å². The van der Waals surface area contributed by atoms with Crippen molar-refractivity contribution in [2.45, 2.75) is 44.6 Å². The Balaban J connectivity index is 1.40. The third-order valence-electron chi connectivity index (χ3n) is 5.18. The lowest BCUT2D eigenvalue weighted by Gasteiger charge is -2.34. The number of ether oxygens (including phenoxy) is 1. The Kier molecular flexibility index (Phi) is 4.83. The minimum Gasteiger partial charge on any atom is -0.476 e. The zero-order valence-electron chi connectivity index (χ0n) is 15.2. The molecule has 0 unspecified atom stereocenters. The molecule has 2 aliphatic rings. The van der Waals surface area contributed by atoms with E-state index in [1.165, 1.54) is 6.20 Å². The molecule has 148 valence electrons. The maximum absolute atomic E-state index is 12.9. The molecule has 4 rings (SSSR count). The summed E-state index contributed by atoms with van der Waals surface area (Å²) in [5.41, 5.74) is 1.52.